The maximum absolute atomic E-state index is 14.0. The van der Waals surface area contributed by atoms with Crippen LogP contribution in [-0.2, 0) is 29.9 Å². The lowest BCUT2D eigenvalue weighted by atomic mass is 9.83. The van der Waals surface area contributed by atoms with Crippen molar-refractivity contribution in [3.8, 4) is 0 Å². The fourth-order valence-corrected chi connectivity index (χ4v) is 6.87. The lowest BCUT2D eigenvalue weighted by Gasteiger charge is -2.28. The lowest BCUT2D eigenvalue weighted by molar-refractivity contribution is -0.139. The Balaban J connectivity index is 1.10. The zero-order valence-electron chi connectivity index (χ0n) is 25.2. The van der Waals surface area contributed by atoms with Crippen LogP contribution < -0.4 is 9.80 Å². The van der Waals surface area contributed by atoms with Crippen molar-refractivity contribution in [1.29, 1.82) is 0 Å². The highest BCUT2D eigenvalue weighted by atomic mass is 79.9. The first-order chi connectivity index (χ1) is 22.3. The van der Waals surface area contributed by atoms with E-state index in [9.17, 15) is 14.7 Å². The predicted octanol–water partition coefficient (Wildman–Crippen LogP) is 6.04. The molecule has 0 bridgehead atoms. The van der Waals surface area contributed by atoms with Gasteiger partial charge < -0.3 is 15.1 Å². The van der Waals surface area contributed by atoms with Gasteiger partial charge in [0.05, 0.1) is 29.2 Å². The van der Waals surface area contributed by atoms with Crippen LogP contribution >= 0.6 is 15.9 Å². The number of fused-ring (bicyclic) bond motifs is 1. The first-order valence-electron chi connectivity index (χ1n) is 15.3. The molecule has 0 saturated carbocycles. The van der Waals surface area contributed by atoms with Crippen LogP contribution in [0.4, 0.5) is 17.1 Å². The van der Waals surface area contributed by atoms with Crippen LogP contribution in [0.2, 0.25) is 0 Å². The van der Waals surface area contributed by atoms with Crippen molar-refractivity contribution >= 4 is 55.6 Å². The van der Waals surface area contributed by atoms with Gasteiger partial charge in [0.1, 0.15) is 0 Å². The summed E-state index contributed by atoms with van der Waals surface area (Å²) in [5, 5.41) is 31.2. The standard InChI is InChI=1S/C36H32BrN5O4/c1-23(6-2-3-18-40-22-27(17-19-43)38-39-40)36(46)30-20-26(37)13-16-31(30)41(35(36)45)21-24-11-14-28(15-12-24)42-32-10-5-8-25-7-4-9-29(33(25)32)34(42)44/h2,4-16,20,22-23,43,46H,3,17-19,21H2,1H3/b6-2+/t23-,36+/m1/s1. The van der Waals surface area contributed by atoms with Gasteiger partial charge in [-0.05, 0) is 59.8 Å². The number of allylic oxidation sites excluding steroid dienone is 1. The molecule has 5 aromatic rings. The number of nitrogens with zero attached hydrogens (tertiary/aromatic N) is 5. The van der Waals surface area contributed by atoms with Gasteiger partial charge >= 0.3 is 0 Å². The molecule has 4 aromatic carbocycles. The maximum Gasteiger partial charge on any atom is 0.264 e. The second kappa shape index (κ2) is 11.9. The number of aliphatic hydroxyl groups excluding tert-OH is 1. The van der Waals surface area contributed by atoms with Gasteiger partial charge in [0.15, 0.2) is 5.60 Å². The van der Waals surface area contributed by atoms with E-state index in [1.807, 2.05) is 104 Å². The minimum Gasteiger partial charge on any atom is -0.396 e. The van der Waals surface area contributed by atoms with Gasteiger partial charge in [0, 0.05) is 52.8 Å². The van der Waals surface area contributed by atoms with Gasteiger partial charge in [-0.25, -0.2) is 0 Å². The Hall–Kier alpha value is -4.64. The Morgan fingerprint density at radius 2 is 1.78 bits per heavy atom. The maximum atomic E-state index is 14.0. The van der Waals surface area contributed by atoms with E-state index in [2.05, 4.69) is 26.2 Å². The molecule has 0 radical (unpaired) electrons. The van der Waals surface area contributed by atoms with Crippen LogP contribution in [0.15, 0.2) is 102 Å². The molecule has 0 fully saturated rings. The van der Waals surface area contributed by atoms with Crippen molar-refractivity contribution in [3.63, 3.8) is 0 Å². The molecule has 0 saturated heterocycles. The number of carbonyl (C=O) groups excluding carboxylic acids is 2. The predicted molar refractivity (Wildman–Crippen MR) is 180 cm³/mol. The Morgan fingerprint density at radius 1 is 1.00 bits per heavy atom. The van der Waals surface area contributed by atoms with Crippen molar-refractivity contribution in [1.82, 2.24) is 15.0 Å². The van der Waals surface area contributed by atoms with E-state index < -0.39 is 11.5 Å². The van der Waals surface area contributed by atoms with Gasteiger partial charge in [-0.3, -0.25) is 19.2 Å². The number of aromatic nitrogens is 3. The minimum atomic E-state index is -1.75. The first-order valence-corrected chi connectivity index (χ1v) is 16.0. The molecule has 0 spiro atoms. The number of carbonyl (C=O) groups is 2. The van der Waals surface area contributed by atoms with Crippen LogP contribution in [-0.4, -0.2) is 43.6 Å². The van der Waals surface area contributed by atoms with Crippen molar-refractivity contribution < 1.29 is 19.8 Å². The SMILES string of the molecule is C[C@H](/C=C/CCn1cc(CCO)nn1)[C@@]1(O)C(=O)N(Cc2ccc(N3C(=O)c4cccc5cccc3c45)cc2)c2ccc(Br)cc21. The van der Waals surface area contributed by atoms with E-state index in [1.54, 1.807) is 14.5 Å². The van der Waals surface area contributed by atoms with Crippen molar-refractivity contribution in [3.05, 3.63) is 124 Å². The fourth-order valence-electron chi connectivity index (χ4n) is 6.50. The van der Waals surface area contributed by atoms with Crippen molar-refractivity contribution in [2.45, 2.75) is 38.5 Å². The van der Waals surface area contributed by atoms with E-state index >= 15 is 0 Å². The molecule has 0 aliphatic carbocycles. The number of aryl methyl sites for hydroxylation is 1. The zero-order valence-corrected chi connectivity index (χ0v) is 26.8. The zero-order chi connectivity index (χ0) is 32.0. The minimum absolute atomic E-state index is 0.0225. The molecule has 9 nitrogen and oxygen atoms in total. The summed E-state index contributed by atoms with van der Waals surface area (Å²) in [6.07, 6.45) is 6.72. The summed E-state index contributed by atoms with van der Waals surface area (Å²) in [6.45, 7) is 2.72. The normalized spacial score (nSPS) is 17.9. The Bertz CT molecular complexity index is 2000. The highest BCUT2D eigenvalue weighted by molar-refractivity contribution is 9.10. The van der Waals surface area contributed by atoms with Gasteiger partial charge in [-0.15, -0.1) is 5.10 Å². The third-order valence-electron chi connectivity index (χ3n) is 8.89. The summed E-state index contributed by atoms with van der Waals surface area (Å²) in [6, 6.07) is 24.9. The van der Waals surface area contributed by atoms with E-state index in [4.69, 9.17) is 5.11 Å². The molecule has 2 amide bonds. The number of hydrogen-bond donors (Lipinski definition) is 2. The van der Waals surface area contributed by atoms with Crippen LogP contribution in [0, 0.1) is 5.92 Å². The number of rotatable bonds is 10. The molecule has 46 heavy (non-hydrogen) atoms. The molecule has 0 unspecified atom stereocenters. The molecule has 2 aliphatic heterocycles. The molecule has 2 N–H and O–H groups in total. The van der Waals surface area contributed by atoms with Gasteiger partial charge in [-0.1, -0.05) is 76.6 Å². The van der Waals surface area contributed by atoms with Gasteiger partial charge in [-0.2, -0.15) is 0 Å². The van der Waals surface area contributed by atoms with Crippen molar-refractivity contribution in [2.24, 2.45) is 5.92 Å². The number of benzene rings is 4. The van der Waals surface area contributed by atoms with Gasteiger partial charge in [0.2, 0.25) is 0 Å². The molecule has 7 rings (SSSR count). The van der Waals surface area contributed by atoms with Crippen LogP contribution in [0.25, 0.3) is 10.8 Å². The quantitative estimate of drug-likeness (QED) is 0.175. The highest BCUT2D eigenvalue weighted by Gasteiger charge is 2.52. The van der Waals surface area contributed by atoms with Crippen LogP contribution in [0.5, 0.6) is 0 Å². The largest absolute Gasteiger partial charge is 0.396 e. The summed E-state index contributed by atoms with van der Waals surface area (Å²) in [5.41, 5.74) is 3.37. The average molecular weight is 679 g/mol. The smallest absolute Gasteiger partial charge is 0.264 e. The third kappa shape index (κ3) is 5.02. The fraction of sp³-hybridized carbons (Fsp3) is 0.222. The summed E-state index contributed by atoms with van der Waals surface area (Å²) in [7, 11) is 0. The number of anilines is 3. The average Bonchev–Trinajstić information content (AvgIpc) is 3.69. The molecule has 1 aromatic heterocycles. The molecule has 232 valence electrons. The molecule has 3 heterocycles. The second-order valence-corrected chi connectivity index (χ2v) is 12.7. The summed E-state index contributed by atoms with van der Waals surface area (Å²) >= 11 is 3.52. The third-order valence-corrected chi connectivity index (χ3v) is 9.38. The van der Waals surface area contributed by atoms with Crippen LogP contribution in [0.3, 0.4) is 0 Å². The van der Waals surface area contributed by atoms with Crippen LogP contribution in [0.1, 0.15) is 40.5 Å². The number of halogens is 1. The summed E-state index contributed by atoms with van der Waals surface area (Å²) in [5.74, 6) is -0.955. The number of hydrogen-bond acceptors (Lipinski definition) is 6. The van der Waals surface area contributed by atoms with E-state index in [1.165, 1.54) is 0 Å². The van der Waals surface area contributed by atoms with Gasteiger partial charge in [0.25, 0.3) is 11.8 Å². The first kappa shape index (κ1) is 30.0. The molecule has 2 atom stereocenters. The topological polar surface area (TPSA) is 112 Å². The van der Waals surface area contributed by atoms with E-state index in [0.29, 0.717) is 36.2 Å². The molecule has 2 aliphatic rings. The second-order valence-electron chi connectivity index (χ2n) is 11.8. The monoisotopic (exact) mass is 677 g/mol. The Morgan fingerprint density at radius 3 is 2.57 bits per heavy atom. The summed E-state index contributed by atoms with van der Waals surface area (Å²) in [4.78, 5) is 30.8. The van der Waals surface area contributed by atoms with E-state index in [-0.39, 0.29) is 25.0 Å². The Labute approximate surface area is 274 Å². The Kier molecular flexibility index (Phi) is 7.80. The number of aliphatic hydroxyl groups is 2. The van der Waals surface area contributed by atoms with E-state index in [0.717, 1.165) is 37.9 Å². The molecule has 10 heteroatoms. The highest BCUT2D eigenvalue weighted by Crippen LogP contribution is 2.47. The molecular formula is C36H32BrN5O4. The lowest BCUT2D eigenvalue weighted by Crippen LogP contribution is -2.44. The summed E-state index contributed by atoms with van der Waals surface area (Å²) < 4.78 is 2.49. The molecular weight excluding hydrogens is 646 g/mol. The number of amides is 2. The van der Waals surface area contributed by atoms with Crippen molar-refractivity contribution in [2.75, 3.05) is 16.4 Å².